The van der Waals surface area contributed by atoms with E-state index in [2.05, 4.69) is 49.4 Å². The van der Waals surface area contributed by atoms with Crippen LogP contribution in [0.3, 0.4) is 0 Å². The number of rotatable bonds is 7. The largest absolute Gasteiger partial charge is 0.497 e. The molecule has 134 valence electrons. The molecule has 25 heavy (non-hydrogen) atoms. The number of nitrogens with two attached hydrogens (primary N) is 1. The van der Waals surface area contributed by atoms with Crippen LogP contribution in [0.25, 0.3) is 0 Å². The molecule has 1 aliphatic carbocycles. The summed E-state index contributed by atoms with van der Waals surface area (Å²) >= 11 is 0. The molecule has 0 heterocycles. The Morgan fingerprint density at radius 1 is 1.12 bits per heavy atom. The molecule has 2 aromatic carbocycles. The number of benzene rings is 2. The van der Waals surface area contributed by atoms with Crippen LogP contribution in [0, 0.1) is 5.92 Å². The minimum Gasteiger partial charge on any atom is -0.497 e. The summed E-state index contributed by atoms with van der Waals surface area (Å²) in [4.78, 5) is 0. The standard InChI is InChI=1S/C23H31NO/c1-3-4-22(16-24)21-10-9-19-14-18(5-8-20(19)15-21)13-17-6-11-23(25-2)12-7-17/h6-7,9-12,15,18,22H,3-5,8,13-14,16,24H2,1-2H3. The highest BCUT2D eigenvalue weighted by atomic mass is 16.5. The monoisotopic (exact) mass is 337 g/mol. The van der Waals surface area contributed by atoms with Crippen LogP contribution < -0.4 is 10.5 Å². The Kier molecular flexibility index (Phi) is 6.14. The fourth-order valence-electron chi connectivity index (χ4n) is 4.14. The van der Waals surface area contributed by atoms with Crippen molar-refractivity contribution < 1.29 is 4.74 Å². The molecule has 2 atom stereocenters. The molecule has 1 aliphatic rings. The van der Waals surface area contributed by atoms with E-state index in [9.17, 15) is 0 Å². The van der Waals surface area contributed by atoms with Gasteiger partial charge in [-0.3, -0.25) is 0 Å². The predicted molar refractivity (Wildman–Crippen MR) is 105 cm³/mol. The molecule has 0 spiro atoms. The average Bonchev–Trinajstić information content (AvgIpc) is 2.66. The molecule has 2 heteroatoms. The minimum atomic E-state index is 0.521. The first-order chi connectivity index (χ1) is 12.2. The molecule has 0 fully saturated rings. The molecule has 0 bridgehead atoms. The van der Waals surface area contributed by atoms with Gasteiger partial charge in [0.15, 0.2) is 0 Å². The third-order valence-corrected chi connectivity index (χ3v) is 5.64. The summed E-state index contributed by atoms with van der Waals surface area (Å²) in [7, 11) is 1.72. The molecule has 0 aromatic heterocycles. The van der Waals surface area contributed by atoms with Gasteiger partial charge in [0.05, 0.1) is 7.11 Å². The van der Waals surface area contributed by atoms with Crippen LogP contribution in [-0.2, 0) is 19.3 Å². The third-order valence-electron chi connectivity index (χ3n) is 5.64. The van der Waals surface area contributed by atoms with Gasteiger partial charge in [-0.05, 0) is 84.9 Å². The van der Waals surface area contributed by atoms with Crippen LogP contribution in [0.2, 0.25) is 0 Å². The van der Waals surface area contributed by atoms with Crippen molar-refractivity contribution in [2.45, 2.75) is 51.4 Å². The van der Waals surface area contributed by atoms with Crippen LogP contribution in [-0.4, -0.2) is 13.7 Å². The lowest BCUT2D eigenvalue weighted by atomic mass is 9.79. The molecule has 0 aliphatic heterocycles. The van der Waals surface area contributed by atoms with Crippen LogP contribution in [0.1, 0.15) is 54.4 Å². The predicted octanol–water partition coefficient (Wildman–Crippen LogP) is 4.89. The van der Waals surface area contributed by atoms with Crippen molar-refractivity contribution in [3.05, 3.63) is 64.7 Å². The van der Waals surface area contributed by atoms with Crippen molar-refractivity contribution in [2.24, 2.45) is 11.7 Å². The Labute approximate surface area is 152 Å². The molecule has 2 N–H and O–H groups in total. The number of ether oxygens (including phenoxy) is 1. The second-order valence-corrected chi connectivity index (χ2v) is 7.41. The second kappa shape index (κ2) is 8.53. The zero-order valence-corrected chi connectivity index (χ0v) is 15.6. The second-order valence-electron chi connectivity index (χ2n) is 7.41. The minimum absolute atomic E-state index is 0.521. The first kappa shape index (κ1) is 18.0. The van der Waals surface area contributed by atoms with E-state index in [1.807, 2.05) is 0 Å². The highest BCUT2D eigenvalue weighted by Gasteiger charge is 2.20. The quantitative estimate of drug-likeness (QED) is 0.781. The SMILES string of the molecule is CCCC(CN)c1ccc2c(c1)CCC(Cc1ccc(OC)cc1)C2. The summed E-state index contributed by atoms with van der Waals surface area (Å²) in [5.41, 5.74) is 11.9. The van der Waals surface area contributed by atoms with E-state index in [1.54, 1.807) is 18.2 Å². The van der Waals surface area contributed by atoms with Gasteiger partial charge in [0, 0.05) is 0 Å². The van der Waals surface area contributed by atoms with Gasteiger partial charge in [-0.2, -0.15) is 0 Å². The average molecular weight is 338 g/mol. The smallest absolute Gasteiger partial charge is 0.118 e. The highest BCUT2D eigenvalue weighted by Crippen LogP contribution is 2.31. The summed E-state index contributed by atoms with van der Waals surface area (Å²) in [5, 5.41) is 0. The molecular formula is C23H31NO. The van der Waals surface area contributed by atoms with E-state index in [4.69, 9.17) is 10.5 Å². The van der Waals surface area contributed by atoms with E-state index in [1.165, 1.54) is 43.2 Å². The van der Waals surface area contributed by atoms with Gasteiger partial charge in [0.1, 0.15) is 5.75 Å². The summed E-state index contributed by atoms with van der Waals surface area (Å²) < 4.78 is 5.25. The van der Waals surface area contributed by atoms with Crippen molar-refractivity contribution in [1.29, 1.82) is 0 Å². The van der Waals surface area contributed by atoms with Crippen LogP contribution >= 0.6 is 0 Å². The molecule has 0 radical (unpaired) electrons. The lowest BCUT2D eigenvalue weighted by Gasteiger charge is -2.26. The Hall–Kier alpha value is -1.80. The first-order valence-corrected chi connectivity index (χ1v) is 9.68. The lowest BCUT2D eigenvalue weighted by molar-refractivity contribution is 0.414. The Bertz CT molecular complexity index is 677. The van der Waals surface area contributed by atoms with Crippen LogP contribution in [0.4, 0.5) is 0 Å². The topological polar surface area (TPSA) is 35.2 Å². The van der Waals surface area contributed by atoms with Crippen molar-refractivity contribution in [2.75, 3.05) is 13.7 Å². The van der Waals surface area contributed by atoms with Crippen molar-refractivity contribution in [3.63, 3.8) is 0 Å². The molecule has 2 aromatic rings. The van der Waals surface area contributed by atoms with E-state index >= 15 is 0 Å². The van der Waals surface area contributed by atoms with E-state index < -0.39 is 0 Å². The van der Waals surface area contributed by atoms with Gasteiger partial charge in [-0.25, -0.2) is 0 Å². The number of methoxy groups -OCH3 is 1. The fourth-order valence-corrected chi connectivity index (χ4v) is 4.14. The fraction of sp³-hybridized carbons (Fsp3) is 0.478. The zero-order valence-electron chi connectivity index (χ0n) is 15.6. The molecule has 0 amide bonds. The summed E-state index contributed by atoms with van der Waals surface area (Å²) in [6, 6.07) is 15.7. The van der Waals surface area contributed by atoms with Gasteiger partial charge in [0.2, 0.25) is 0 Å². The zero-order chi connectivity index (χ0) is 17.6. The normalized spacial score (nSPS) is 17.8. The molecule has 0 saturated carbocycles. The first-order valence-electron chi connectivity index (χ1n) is 9.68. The number of aryl methyl sites for hydroxylation is 1. The third kappa shape index (κ3) is 4.43. The van der Waals surface area contributed by atoms with Crippen molar-refractivity contribution >= 4 is 0 Å². The molecule has 2 nitrogen and oxygen atoms in total. The van der Waals surface area contributed by atoms with E-state index in [0.717, 1.165) is 24.6 Å². The maximum atomic E-state index is 5.99. The Morgan fingerprint density at radius 2 is 1.92 bits per heavy atom. The summed E-state index contributed by atoms with van der Waals surface area (Å²) in [5.74, 6) is 2.20. The number of fused-ring (bicyclic) bond motifs is 1. The molecule has 0 saturated heterocycles. The van der Waals surface area contributed by atoms with Crippen LogP contribution in [0.15, 0.2) is 42.5 Å². The van der Waals surface area contributed by atoms with Gasteiger partial charge in [-0.1, -0.05) is 43.7 Å². The van der Waals surface area contributed by atoms with E-state index in [0.29, 0.717) is 5.92 Å². The Balaban J connectivity index is 1.66. The van der Waals surface area contributed by atoms with Crippen molar-refractivity contribution in [1.82, 2.24) is 0 Å². The summed E-state index contributed by atoms with van der Waals surface area (Å²) in [6.45, 7) is 3.00. The van der Waals surface area contributed by atoms with Crippen molar-refractivity contribution in [3.8, 4) is 5.75 Å². The van der Waals surface area contributed by atoms with Gasteiger partial charge in [-0.15, -0.1) is 0 Å². The van der Waals surface area contributed by atoms with Gasteiger partial charge < -0.3 is 10.5 Å². The molecular weight excluding hydrogens is 306 g/mol. The lowest BCUT2D eigenvalue weighted by Crippen LogP contribution is -2.18. The Morgan fingerprint density at radius 3 is 2.60 bits per heavy atom. The van der Waals surface area contributed by atoms with Gasteiger partial charge in [0.25, 0.3) is 0 Å². The molecule has 2 unspecified atom stereocenters. The summed E-state index contributed by atoms with van der Waals surface area (Å²) in [6.07, 6.45) is 7.23. The molecule has 3 rings (SSSR count). The maximum Gasteiger partial charge on any atom is 0.118 e. The highest BCUT2D eigenvalue weighted by molar-refractivity contribution is 5.36. The maximum absolute atomic E-state index is 5.99. The number of hydrogen-bond donors (Lipinski definition) is 1. The number of hydrogen-bond acceptors (Lipinski definition) is 2. The van der Waals surface area contributed by atoms with Gasteiger partial charge >= 0.3 is 0 Å². The van der Waals surface area contributed by atoms with Crippen LogP contribution in [0.5, 0.6) is 5.75 Å². The van der Waals surface area contributed by atoms with E-state index in [-0.39, 0.29) is 0 Å².